The first kappa shape index (κ1) is 29.1. The average molecular weight is 517 g/mol. The van der Waals surface area contributed by atoms with Crippen molar-refractivity contribution in [2.45, 2.75) is 13.8 Å². The summed E-state index contributed by atoms with van der Waals surface area (Å²) in [5.41, 5.74) is 0. The zero-order valence-corrected chi connectivity index (χ0v) is 19.1. The summed E-state index contributed by atoms with van der Waals surface area (Å²) >= 11 is 0. The van der Waals surface area contributed by atoms with Crippen LogP contribution in [0.3, 0.4) is 0 Å². The maximum absolute atomic E-state index is 2.31. The summed E-state index contributed by atoms with van der Waals surface area (Å²) in [7, 11) is 0.323. The van der Waals surface area contributed by atoms with E-state index in [-0.39, 0.29) is 63.1 Å². The second kappa shape index (κ2) is 16.4. The van der Waals surface area contributed by atoms with Crippen molar-refractivity contribution in [3.05, 3.63) is 48.4 Å². The van der Waals surface area contributed by atoms with Crippen LogP contribution in [0, 0.1) is 5.92 Å². The van der Waals surface area contributed by atoms with Crippen molar-refractivity contribution in [1.82, 2.24) is 0 Å². The van der Waals surface area contributed by atoms with Gasteiger partial charge < -0.3 is 43.1 Å². The van der Waals surface area contributed by atoms with Gasteiger partial charge in [-0.3, -0.25) is 0 Å². The fourth-order valence-electron chi connectivity index (χ4n) is 1.70. The van der Waals surface area contributed by atoms with Crippen LogP contribution in [0.5, 0.6) is 0 Å². The van der Waals surface area contributed by atoms with E-state index in [0.29, 0.717) is 7.92 Å². The minimum absolute atomic E-state index is 0. The zero-order chi connectivity index (χ0) is 12.0. The van der Waals surface area contributed by atoms with Crippen LogP contribution in [-0.4, -0.2) is 19.5 Å². The maximum atomic E-state index is 2.31. The van der Waals surface area contributed by atoms with E-state index < -0.39 is 0 Å². The number of hydrogen-bond donors (Lipinski definition) is 0. The summed E-state index contributed by atoms with van der Waals surface area (Å²) in [6, 6.07) is 14.7. The Morgan fingerprint density at radius 3 is 1.95 bits per heavy atom. The molecule has 0 unspecified atom stereocenters. The monoisotopic (exact) mass is 517 g/mol. The van der Waals surface area contributed by atoms with Crippen LogP contribution in [0.15, 0.2) is 42.5 Å². The van der Waals surface area contributed by atoms with E-state index in [2.05, 4.69) is 69.6 Å². The Hall–Kier alpha value is 1.00. The molecule has 0 aromatic heterocycles. The fraction of sp³-hybridized carbons (Fsp3) is 0.333. The van der Waals surface area contributed by atoms with Crippen LogP contribution >= 0.6 is 7.92 Å². The molecule has 2 rings (SSSR count). The van der Waals surface area contributed by atoms with Crippen molar-refractivity contribution in [3.63, 3.8) is 0 Å². The molecule has 0 nitrogen and oxygen atoms in total. The van der Waals surface area contributed by atoms with Crippen LogP contribution in [0.1, 0.15) is 13.8 Å². The molecule has 0 amide bonds. The van der Waals surface area contributed by atoms with Gasteiger partial charge in [-0.05, 0) is 13.3 Å². The molecule has 0 heterocycles. The van der Waals surface area contributed by atoms with Crippen LogP contribution in [0.2, 0.25) is 0 Å². The maximum Gasteiger partial charge on any atom is 4.00 e. The molecule has 0 aliphatic rings. The van der Waals surface area contributed by atoms with Gasteiger partial charge in [0.1, 0.15) is 0 Å². The summed E-state index contributed by atoms with van der Waals surface area (Å²) in [6.07, 6.45) is 1.34. The summed E-state index contributed by atoms with van der Waals surface area (Å²) < 4.78 is 0. The van der Waals surface area contributed by atoms with Crippen LogP contribution in [0.4, 0.5) is 0 Å². The quantitative estimate of drug-likeness (QED) is 0.216. The third-order valence-corrected chi connectivity index (χ3v) is 3.44. The molecular weight excluding hydrogens is 496 g/mol. The Kier molecular flexibility index (Phi) is 23.8. The van der Waals surface area contributed by atoms with Gasteiger partial charge >= 0.3 is 25.8 Å². The number of benzene rings is 1. The van der Waals surface area contributed by atoms with E-state index in [1.54, 1.807) is 5.92 Å². The Balaban J connectivity index is -0.000000110. The predicted octanol–water partition coefficient (Wildman–Crippen LogP) is -4.09. The van der Waals surface area contributed by atoms with Gasteiger partial charge in [-0.2, -0.15) is 37.5 Å². The first-order valence-corrected chi connectivity index (χ1v) is 8.06. The standard InChI is InChI=1S/C9H7.C6H14P.3ClH.Hf/c1-2-5-9-7-3-6-8(9)4-1;1-6(2)5-7(3)4;;;;/h1-7H;5H2,1-4H3;3*1H;/q2*-1;;;;+4/p-3. The Morgan fingerprint density at radius 2 is 1.55 bits per heavy atom. The third-order valence-electron chi connectivity index (χ3n) is 2.18. The zero-order valence-electron chi connectivity index (χ0n) is 12.3. The number of fused-ring (bicyclic) bond motifs is 1. The molecule has 0 fully saturated rings. The van der Waals surface area contributed by atoms with Crippen LogP contribution in [0.25, 0.3) is 10.8 Å². The molecule has 0 bridgehead atoms. The SMILES string of the molecule is C[C-](C)CP(C)C.[Cl-].[Cl-].[Cl-].[Hf+4].c1ccc2[cH-]ccc2c1. The molecule has 0 N–H and O–H groups in total. The van der Waals surface area contributed by atoms with Gasteiger partial charge in [0.15, 0.2) is 0 Å². The van der Waals surface area contributed by atoms with Crippen molar-refractivity contribution in [2.75, 3.05) is 19.5 Å². The Morgan fingerprint density at radius 1 is 1.00 bits per heavy atom. The van der Waals surface area contributed by atoms with Gasteiger partial charge in [-0.25, -0.2) is 0 Å². The molecule has 2 aromatic rings. The van der Waals surface area contributed by atoms with E-state index in [1.807, 2.05) is 0 Å². The second-order valence-electron chi connectivity index (χ2n) is 4.60. The van der Waals surface area contributed by atoms with Gasteiger partial charge in [0, 0.05) is 0 Å². The van der Waals surface area contributed by atoms with Crippen molar-refractivity contribution < 1.29 is 63.1 Å². The number of halogens is 3. The molecule has 0 radical (unpaired) electrons. The molecule has 0 aliphatic carbocycles. The first-order chi connectivity index (χ1) is 7.59. The van der Waals surface area contributed by atoms with E-state index in [0.717, 1.165) is 0 Å². The predicted molar refractivity (Wildman–Crippen MR) is 77.8 cm³/mol. The first-order valence-electron chi connectivity index (χ1n) is 5.64. The average Bonchev–Trinajstić information content (AvgIpc) is 2.63. The van der Waals surface area contributed by atoms with Crippen LogP contribution < -0.4 is 37.2 Å². The molecular formula is C15H21Cl3HfP-. The summed E-state index contributed by atoms with van der Waals surface area (Å²) in [6.45, 7) is 9.01. The Labute approximate surface area is 162 Å². The fourth-order valence-corrected chi connectivity index (χ4v) is 2.97. The molecule has 0 atom stereocenters. The summed E-state index contributed by atoms with van der Waals surface area (Å²) in [4.78, 5) is 0. The van der Waals surface area contributed by atoms with E-state index in [4.69, 9.17) is 0 Å². The van der Waals surface area contributed by atoms with Crippen molar-refractivity contribution >= 4 is 18.7 Å². The van der Waals surface area contributed by atoms with E-state index >= 15 is 0 Å². The van der Waals surface area contributed by atoms with Gasteiger partial charge in [0.25, 0.3) is 0 Å². The largest absolute Gasteiger partial charge is 4.00 e. The minimum atomic E-state index is 0. The van der Waals surface area contributed by atoms with E-state index in [1.165, 1.54) is 16.9 Å². The summed E-state index contributed by atoms with van der Waals surface area (Å²) in [5.74, 6) is 1.57. The molecule has 5 heteroatoms. The number of hydrogen-bond acceptors (Lipinski definition) is 0. The molecule has 0 spiro atoms. The minimum Gasteiger partial charge on any atom is -1.00 e. The molecule has 0 saturated carbocycles. The summed E-state index contributed by atoms with van der Waals surface area (Å²) in [5, 5.41) is 2.66. The second-order valence-corrected chi connectivity index (χ2v) is 7.08. The van der Waals surface area contributed by atoms with Crippen molar-refractivity contribution in [2.24, 2.45) is 0 Å². The normalized spacial score (nSPS) is 8.50. The molecule has 0 saturated heterocycles. The van der Waals surface area contributed by atoms with Gasteiger partial charge in [0.2, 0.25) is 0 Å². The topological polar surface area (TPSA) is 0 Å². The van der Waals surface area contributed by atoms with Gasteiger partial charge in [-0.15, -0.1) is 37.6 Å². The smallest absolute Gasteiger partial charge is 1.00 e. The molecule has 20 heavy (non-hydrogen) atoms. The van der Waals surface area contributed by atoms with Crippen molar-refractivity contribution in [3.8, 4) is 0 Å². The van der Waals surface area contributed by atoms with Gasteiger partial charge in [0.05, 0.1) is 0 Å². The molecule has 2 aromatic carbocycles. The van der Waals surface area contributed by atoms with Gasteiger partial charge in [-0.1, -0.05) is 6.07 Å². The molecule has 0 aliphatic heterocycles. The number of rotatable bonds is 2. The van der Waals surface area contributed by atoms with Crippen molar-refractivity contribution in [1.29, 1.82) is 0 Å². The van der Waals surface area contributed by atoms with Crippen LogP contribution in [-0.2, 0) is 25.8 Å². The molecule has 112 valence electrons. The third kappa shape index (κ3) is 12.7. The Bertz CT molecular complexity index is 380. The van der Waals surface area contributed by atoms with E-state index in [9.17, 15) is 0 Å².